The van der Waals surface area contributed by atoms with E-state index in [2.05, 4.69) is 48.0 Å². The number of aromatic amines is 1. The molecule has 1 N–H and O–H groups in total. The third kappa shape index (κ3) is 3.31. The molecule has 0 bridgehead atoms. The minimum atomic E-state index is -0.0111. The van der Waals surface area contributed by atoms with E-state index in [1.807, 2.05) is 18.3 Å². The van der Waals surface area contributed by atoms with Crippen molar-refractivity contribution in [3.05, 3.63) is 55.9 Å². The fourth-order valence-corrected chi connectivity index (χ4v) is 6.41. The summed E-state index contributed by atoms with van der Waals surface area (Å²) >= 11 is 3.44. The first-order valence-corrected chi connectivity index (χ1v) is 11.7. The molecule has 1 saturated heterocycles. The van der Waals surface area contributed by atoms with Gasteiger partial charge in [0.2, 0.25) is 0 Å². The van der Waals surface area contributed by atoms with Crippen molar-refractivity contribution < 1.29 is 0 Å². The minimum absolute atomic E-state index is 0.0111. The molecule has 150 valence electrons. The molecule has 7 heteroatoms. The Hall–Kier alpha value is -2.09. The van der Waals surface area contributed by atoms with Gasteiger partial charge in [0.1, 0.15) is 10.7 Å². The van der Waals surface area contributed by atoms with E-state index in [0.29, 0.717) is 5.92 Å². The van der Waals surface area contributed by atoms with Gasteiger partial charge in [0.25, 0.3) is 5.56 Å². The summed E-state index contributed by atoms with van der Waals surface area (Å²) in [5.74, 6) is 1.30. The summed E-state index contributed by atoms with van der Waals surface area (Å²) in [5.41, 5.74) is 2.15. The van der Waals surface area contributed by atoms with Crippen molar-refractivity contribution in [2.45, 2.75) is 45.6 Å². The summed E-state index contributed by atoms with van der Waals surface area (Å²) in [7, 11) is 0. The largest absolute Gasteiger partial charge is 0.309 e. The van der Waals surface area contributed by atoms with Crippen molar-refractivity contribution in [1.82, 2.24) is 19.9 Å². The van der Waals surface area contributed by atoms with Crippen molar-refractivity contribution in [3.63, 3.8) is 0 Å². The normalized spacial score (nSPS) is 17.3. The number of hydrogen-bond acceptors (Lipinski definition) is 6. The highest BCUT2D eigenvalue weighted by molar-refractivity contribution is 7.19. The van der Waals surface area contributed by atoms with Gasteiger partial charge < -0.3 is 4.98 Å². The van der Waals surface area contributed by atoms with Gasteiger partial charge in [-0.1, -0.05) is 12.1 Å². The Morgan fingerprint density at radius 1 is 1.14 bits per heavy atom. The molecule has 0 unspecified atom stereocenters. The standard InChI is InChI=1S/C22H24N4OS2/c1-12-14(3)28-22-18(12)20(27)24-19(25-22)13(2)26-10-8-15(9-11-26)21-23-16-6-4-5-7-17(16)29-21/h4-7,13,15H,8-11H2,1-3H3,(H,24,25,27)/t13-/m0/s1. The zero-order valence-electron chi connectivity index (χ0n) is 16.9. The number of rotatable bonds is 3. The van der Waals surface area contributed by atoms with Gasteiger partial charge in [-0.3, -0.25) is 9.69 Å². The Labute approximate surface area is 177 Å². The lowest BCUT2D eigenvalue weighted by molar-refractivity contribution is 0.157. The zero-order chi connectivity index (χ0) is 20.1. The van der Waals surface area contributed by atoms with Crippen LogP contribution >= 0.6 is 22.7 Å². The highest BCUT2D eigenvalue weighted by Crippen LogP contribution is 2.36. The molecule has 3 aromatic heterocycles. The lowest BCUT2D eigenvalue weighted by Crippen LogP contribution is -2.36. The van der Waals surface area contributed by atoms with Crippen LogP contribution in [-0.4, -0.2) is 32.9 Å². The number of benzene rings is 1. The SMILES string of the molecule is Cc1sc2nc([C@H](C)N3CCC(c4nc5ccccc5s4)CC3)[nH]c(=O)c2c1C. The lowest BCUT2D eigenvalue weighted by atomic mass is 9.96. The van der Waals surface area contributed by atoms with E-state index in [-0.39, 0.29) is 11.6 Å². The summed E-state index contributed by atoms with van der Waals surface area (Å²) in [4.78, 5) is 29.8. The first kappa shape index (κ1) is 18.9. The average Bonchev–Trinajstić information content (AvgIpc) is 3.28. The topological polar surface area (TPSA) is 61.9 Å². The van der Waals surface area contributed by atoms with Gasteiger partial charge in [0.15, 0.2) is 0 Å². The third-order valence-electron chi connectivity index (χ3n) is 6.19. The van der Waals surface area contributed by atoms with Crippen LogP contribution in [-0.2, 0) is 0 Å². The molecule has 0 aliphatic carbocycles. The van der Waals surface area contributed by atoms with E-state index < -0.39 is 0 Å². The summed E-state index contributed by atoms with van der Waals surface area (Å²) in [6.07, 6.45) is 2.18. The maximum Gasteiger partial charge on any atom is 0.259 e. The van der Waals surface area contributed by atoms with Gasteiger partial charge in [-0.25, -0.2) is 9.97 Å². The average molecular weight is 425 g/mol. The minimum Gasteiger partial charge on any atom is -0.309 e. The molecule has 1 fully saturated rings. The molecule has 0 radical (unpaired) electrons. The lowest BCUT2D eigenvalue weighted by Gasteiger charge is -2.34. The third-order valence-corrected chi connectivity index (χ3v) is 8.49. The van der Waals surface area contributed by atoms with Gasteiger partial charge >= 0.3 is 0 Å². The van der Waals surface area contributed by atoms with Crippen LogP contribution in [0.2, 0.25) is 0 Å². The smallest absolute Gasteiger partial charge is 0.259 e. The van der Waals surface area contributed by atoms with Crippen LogP contribution in [0.5, 0.6) is 0 Å². The van der Waals surface area contributed by atoms with Crippen LogP contribution in [0.4, 0.5) is 0 Å². The fraction of sp³-hybridized carbons (Fsp3) is 0.409. The van der Waals surface area contributed by atoms with Crippen LogP contribution in [0.1, 0.15) is 53.0 Å². The first-order valence-electron chi connectivity index (χ1n) is 10.1. The molecular formula is C22H24N4OS2. The second-order valence-electron chi connectivity index (χ2n) is 7.92. The molecule has 1 atom stereocenters. The summed E-state index contributed by atoms with van der Waals surface area (Å²) < 4.78 is 1.27. The van der Waals surface area contributed by atoms with Gasteiger partial charge in [-0.2, -0.15) is 0 Å². The predicted octanol–water partition coefficient (Wildman–Crippen LogP) is 5.15. The monoisotopic (exact) mass is 424 g/mol. The van der Waals surface area contributed by atoms with Gasteiger partial charge in [0.05, 0.1) is 26.7 Å². The van der Waals surface area contributed by atoms with E-state index in [1.54, 1.807) is 11.3 Å². The first-order chi connectivity index (χ1) is 14.0. The molecular weight excluding hydrogens is 400 g/mol. The van der Waals surface area contributed by atoms with Crippen molar-refractivity contribution in [2.24, 2.45) is 0 Å². The summed E-state index contributed by atoms with van der Waals surface area (Å²) in [5, 5.41) is 2.01. The Morgan fingerprint density at radius 2 is 1.90 bits per heavy atom. The molecule has 29 heavy (non-hydrogen) atoms. The second-order valence-corrected chi connectivity index (χ2v) is 10.2. The van der Waals surface area contributed by atoms with Gasteiger partial charge in [0, 0.05) is 10.8 Å². The summed E-state index contributed by atoms with van der Waals surface area (Å²) in [6.45, 7) is 8.19. The number of para-hydroxylation sites is 1. The molecule has 0 spiro atoms. The highest BCUT2D eigenvalue weighted by Gasteiger charge is 2.28. The number of likely N-dealkylation sites (tertiary alicyclic amines) is 1. The number of thiophene rings is 1. The summed E-state index contributed by atoms with van der Waals surface area (Å²) in [6, 6.07) is 8.48. The number of nitrogens with one attached hydrogen (secondary N) is 1. The number of fused-ring (bicyclic) bond motifs is 2. The molecule has 5 nitrogen and oxygen atoms in total. The maximum absolute atomic E-state index is 12.6. The molecule has 4 aromatic rings. The molecule has 0 saturated carbocycles. The van der Waals surface area contributed by atoms with Crippen LogP contribution in [0.3, 0.4) is 0 Å². The number of H-pyrrole nitrogens is 1. The molecule has 0 amide bonds. The number of piperidine rings is 1. The molecule has 5 rings (SSSR count). The van der Waals surface area contributed by atoms with Crippen LogP contribution in [0, 0.1) is 13.8 Å². The van der Waals surface area contributed by atoms with E-state index in [1.165, 1.54) is 14.6 Å². The van der Waals surface area contributed by atoms with Crippen LogP contribution < -0.4 is 5.56 Å². The fourth-order valence-electron chi connectivity index (χ4n) is 4.24. The quantitative estimate of drug-likeness (QED) is 0.494. The highest BCUT2D eigenvalue weighted by atomic mass is 32.1. The molecule has 1 aromatic carbocycles. The van der Waals surface area contributed by atoms with Crippen molar-refractivity contribution in [3.8, 4) is 0 Å². The Morgan fingerprint density at radius 3 is 2.66 bits per heavy atom. The number of nitrogens with zero attached hydrogens (tertiary/aromatic N) is 3. The predicted molar refractivity (Wildman–Crippen MR) is 121 cm³/mol. The van der Waals surface area contributed by atoms with Crippen molar-refractivity contribution in [2.75, 3.05) is 13.1 Å². The molecule has 4 heterocycles. The van der Waals surface area contributed by atoms with Gasteiger partial charge in [-0.15, -0.1) is 22.7 Å². The Kier molecular flexibility index (Phi) is 4.76. The number of aromatic nitrogens is 3. The van der Waals surface area contributed by atoms with E-state index >= 15 is 0 Å². The zero-order valence-corrected chi connectivity index (χ0v) is 18.5. The Bertz CT molecular complexity index is 1210. The number of aryl methyl sites for hydroxylation is 2. The van der Waals surface area contributed by atoms with Crippen molar-refractivity contribution >= 4 is 43.1 Å². The van der Waals surface area contributed by atoms with Gasteiger partial charge in [-0.05, 0) is 64.4 Å². The van der Waals surface area contributed by atoms with Crippen molar-refractivity contribution in [1.29, 1.82) is 0 Å². The molecule has 1 aliphatic heterocycles. The van der Waals surface area contributed by atoms with E-state index in [0.717, 1.165) is 53.1 Å². The second kappa shape index (κ2) is 7.31. The van der Waals surface area contributed by atoms with Crippen LogP contribution in [0.15, 0.2) is 29.1 Å². The van der Waals surface area contributed by atoms with E-state index in [4.69, 9.17) is 9.97 Å². The number of hydrogen-bond donors (Lipinski definition) is 1. The molecule has 1 aliphatic rings. The number of thiazole rings is 1. The van der Waals surface area contributed by atoms with Crippen LogP contribution in [0.25, 0.3) is 20.4 Å². The Balaban J connectivity index is 1.34. The maximum atomic E-state index is 12.6. The van der Waals surface area contributed by atoms with E-state index in [9.17, 15) is 4.79 Å².